The van der Waals surface area contributed by atoms with Gasteiger partial charge in [-0.25, -0.2) is 0 Å². The molecule has 2 rings (SSSR count). The number of nitrogens with zero attached hydrogens (tertiary/aromatic N) is 3. The molecule has 2 aromatic rings. The van der Waals surface area contributed by atoms with E-state index in [-0.39, 0.29) is 23.7 Å². The van der Waals surface area contributed by atoms with Crippen molar-refractivity contribution in [1.29, 1.82) is 0 Å². The third-order valence-corrected chi connectivity index (χ3v) is 5.89. The van der Waals surface area contributed by atoms with E-state index in [0.29, 0.717) is 29.2 Å². The predicted molar refractivity (Wildman–Crippen MR) is 107 cm³/mol. The van der Waals surface area contributed by atoms with E-state index in [1.165, 1.54) is 11.8 Å². The Kier molecular flexibility index (Phi) is 7.98. The minimum Gasteiger partial charge on any atom is -0.486 e. The molecule has 1 aromatic carbocycles. The van der Waals surface area contributed by atoms with Gasteiger partial charge < -0.3 is 14.0 Å². The summed E-state index contributed by atoms with van der Waals surface area (Å²) in [6, 6.07) is 5.53. The molecule has 0 aliphatic heterocycles. The predicted octanol–water partition coefficient (Wildman–Crippen LogP) is 4.52. The van der Waals surface area contributed by atoms with Gasteiger partial charge in [-0.1, -0.05) is 37.2 Å². The summed E-state index contributed by atoms with van der Waals surface area (Å²) in [6.45, 7) is 11.1. The Morgan fingerprint density at radius 1 is 1.30 bits per heavy atom. The number of thioether (sulfide) groups is 1. The number of rotatable bonds is 9. The number of esters is 1. The van der Waals surface area contributed by atoms with Gasteiger partial charge in [0.05, 0.1) is 6.61 Å². The monoisotopic (exact) mass is 411 g/mol. The van der Waals surface area contributed by atoms with Gasteiger partial charge in [0.1, 0.15) is 17.6 Å². The van der Waals surface area contributed by atoms with Gasteiger partial charge in [-0.3, -0.25) is 4.79 Å². The second kappa shape index (κ2) is 9.99. The second-order valence-electron chi connectivity index (χ2n) is 6.38. The maximum Gasteiger partial charge on any atom is 0.319 e. The molecule has 0 aliphatic rings. The van der Waals surface area contributed by atoms with Gasteiger partial charge in [-0.05, 0) is 50.5 Å². The normalized spacial score (nSPS) is 12.3. The molecule has 1 heterocycles. The van der Waals surface area contributed by atoms with Crippen LogP contribution in [0.25, 0.3) is 0 Å². The van der Waals surface area contributed by atoms with Crippen LogP contribution >= 0.6 is 23.4 Å². The van der Waals surface area contributed by atoms with Crippen molar-refractivity contribution in [1.82, 2.24) is 14.8 Å². The number of hydrogen-bond acceptors (Lipinski definition) is 6. The molecule has 0 N–H and O–H groups in total. The van der Waals surface area contributed by atoms with E-state index in [4.69, 9.17) is 21.1 Å². The van der Waals surface area contributed by atoms with Crippen LogP contribution in [0.5, 0.6) is 5.75 Å². The number of hydrogen-bond donors (Lipinski definition) is 0. The first-order valence-electron chi connectivity index (χ1n) is 9.01. The van der Waals surface area contributed by atoms with Crippen molar-refractivity contribution in [2.45, 2.75) is 58.2 Å². The van der Waals surface area contributed by atoms with Gasteiger partial charge in [0.25, 0.3) is 0 Å². The van der Waals surface area contributed by atoms with Crippen LogP contribution in [0.2, 0.25) is 5.02 Å². The van der Waals surface area contributed by atoms with Crippen LogP contribution in [0.15, 0.2) is 23.4 Å². The Morgan fingerprint density at radius 3 is 2.63 bits per heavy atom. The number of halogens is 1. The summed E-state index contributed by atoms with van der Waals surface area (Å²) in [5, 5.41) is 9.58. The summed E-state index contributed by atoms with van der Waals surface area (Å²) in [7, 11) is 0. The second-order valence-corrected chi connectivity index (χ2v) is 7.89. The minimum atomic E-state index is -0.327. The maximum absolute atomic E-state index is 12.2. The molecule has 148 valence electrons. The average molecular weight is 412 g/mol. The Balaban J connectivity index is 2.12. The molecule has 0 unspecified atom stereocenters. The van der Waals surface area contributed by atoms with Crippen LogP contribution < -0.4 is 4.74 Å². The average Bonchev–Trinajstić information content (AvgIpc) is 3.02. The van der Waals surface area contributed by atoms with E-state index in [1.807, 2.05) is 57.4 Å². The third kappa shape index (κ3) is 5.62. The Hall–Kier alpha value is -1.73. The first-order valence-corrected chi connectivity index (χ1v) is 10.3. The van der Waals surface area contributed by atoms with Crippen LogP contribution in [0.3, 0.4) is 0 Å². The van der Waals surface area contributed by atoms with E-state index < -0.39 is 0 Å². The lowest BCUT2D eigenvalue weighted by molar-refractivity contribution is -0.143. The number of carbonyl (C=O) groups excluding carboxylic acids is 1. The highest BCUT2D eigenvalue weighted by Gasteiger charge is 2.27. The van der Waals surface area contributed by atoms with Crippen molar-refractivity contribution in [3.8, 4) is 5.75 Å². The first kappa shape index (κ1) is 21.6. The maximum atomic E-state index is 12.2. The summed E-state index contributed by atoms with van der Waals surface area (Å²) < 4.78 is 13.0. The minimum absolute atomic E-state index is 0.118. The highest BCUT2D eigenvalue weighted by Crippen LogP contribution is 2.29. The van der Waals surface area contributed by atoms with Gasteiger partial charge in [-0.2, -0.15) is 0 Å². The molecule has 8 heteroatoms. The summed E-state index contributed by atoms with van der Waals surface area (Å²) in [4.78, 5) is 12.2. The van der Waals surface area contributed by atoms with E-state index in [9.17, 15) is 4.79 Å². The van der Waals surface area contributed by atoms with Crippen LogP contribution in [-0.4, -0.2) is 32.6 Å². The fourth-order valence-electron chi connectivity index (χ4n) is 2.48. The summed E-state index contributed by atoms with van der Waals surface area (Å²) >= 11 is 7.43. The number of ether oxygens (including phenoxy) is 2. The molecule has 0 saturated heterocycles. The summed E-state index contributed by atoms with van der Waals surface area (Å²) in [6.07, 6.45) is 0. The van der Waals surface area contributed by atoms with E-state index in [1.54, 1.807) is 0 Å². The molecule has 0 bridgehead atoms. The molecule has 6 nitrogen and oxygen atoms in total. The first-order chi connectivity index (χ1) is 12.9. The third-order valence-electron chi connectivity index (χ3n) is 3.96. The number of aromatic nitrogens is 3. The number of carbonyl (C=O) groups is 1. The van der Waals surface area contributed by atoms with Crippen molar-refractivity contribution in [2.75, 3.05) is 6.61 Å². The number of aryl methyl sites for hydroxylation is 1. The van der Waals surface area contributed by atoms with Gasteiger partial charge in [-0.15, -0.1) is 10.2 Å². The molecule has 0 aliphatic carbocycles. The molecule has 1 aromatic heterocycles. The highest BCUT2D eigenvalue weighted by atomic mass is 35.5. The summed E-state index contributed by atoms with van der Waals surface area (Å²) in [5.74, 6) is 1.33. The van der Waals surface area contributed by atoms with Gasteiger partial charge in [0.15, 0.2) is 11.0 Å². The van der Waals surface area contributed by atoms with Crippen molar-refractivity contribution in [2.24, 2.45) is 5.92 Å². The number of benzene rings is 1. The molecule has 0 fully saturated rings. The van der Waals surface area contributed by atoms with Crippen LogP contribution in [0, 0.1) is 12.8 Å². The molecular weight excluding hydrogens is 386 g/mol. The zero-order valence-corrected chi connectivity index (χ0v) is 17.9. The van der Waals surface area contributed by atoms with E-state index in [0.717, 1.165) is 11.3 Å². The van der Waals surface area contributed by atoms with Crippen LogP contribution in [0.1, 0.15) is 39.1 Å². The van der Waals surface area contributed by atoms with Crippen molar-refractivity contribution < 1.29 is 14.3 Å². The fourth-order valence-corrected chi connectivity index (χ4v) is 3.71. The van der Waals surface area contributed by atoms with E-state index >= 15 is 0 Å². The van der Waals surface area contributed by atoms with Crippen LogP contribution in [0.4, 0.5) is 0 Å². The topological polar surface area (TPSA) is 66.2 Å². The lowest BCUT2D eigenvalue weighted by Gasteiger charge is -2.18. The molecule has 0 saturated carbocycles. The Morgan fingerprint density at radius 2 is 2.04 bits per heavy atom. The largest absolute Gasteiger partial charge is 0.486 e. The zero-order valence-electron chi connectivity index (χ0n) is 16.4. The van der Waals surface area contributed by atoms with Crippen molar-refractivity contribution in [3.05, 3.63) is 34.6 Å². The molecular formula is C19H26ClN3O3S. The molecule has 0 spiro atoms. The molecule has 27 heavy (non-hydrogen) atoms. The lowest BCUT2D eigenvalue weighted by Crippen LogP contribution is -2.26. The molecule has 1 atom stereocenters. The Bertz CT molecular complexity index is 780. The smallest absolute Gasteiger partial charge is 0.319 e. The highest BCUT2D eigenvalue weighted by molar-refractivity contribution is 8.00. The van der Waals surface area contributed by atoms with Gasteiger partial charge in [0.2, 0.25) is 0 Å². The fraction of sp³-hybridized carbons (Fsp3) is 0.526. The molecule has 0 radical (unpaired) electrons. The van der Waals surface area contributed by atoms with Crippen molar-refractivity contribution >= 4 is 29.3 Å². The SMILES string of the molecule is CCOC(=O)[C@@H](Sc1nnc(COc2ccc(Cl)c(C)c2)n1CC)C(C)C. The van der Waals surface area contributed by atoms with E-state index in [2.05, 4.69) is 10.2 Å². The van der Waals surface area contributed by atoms with Gasteiger partial charge >= 0.3 is 5.97 Å². The standard InChI is InChI=1S/C19H26ClN3O3S/c1-6-23-16(11-26-14-8-9-15(20)13(5)10-14)21-22-19(23)27-17(12(3)4)18(24)25-7-2/h8-10,12,17H,6-7,11H2,1-5H3/t17-/m0/s1. The molecule has 0 amide bonds. The zero-order chi connectivity index (χ0) is 20.0. The quantitative estimate of drug-likeness (QED) is 0.446. The Labute approximate surface area is 169 Å². The van der Waals surface area contributed by atoms with Crippen LogP contribution in [-0.2, 0) is 22.7 Å². The lowest BCUT2D eigenvalue weighted by atomic mass is 10.1. The van der Waals surface area contributed by atoms with Gasteiger partial charge in [0, 0.05) is 11.6 Å². The summed E-state index contributed by atoms with van der Waals surface area (Å²) in [5.41, 5.74) is 0.955. The van der Waals surface area contributed by atoms with Crippen molar-refractivity contribution in [3.63, 3.8) is 0 Å².